The summed E-state index contributed by atoms with van der Waals surface area (Å²) in [5.41, 5.74) is 4.20. The summed E-state index contributed by atoms with van der Waals surface area (Å²) in [5.74, 6) is 0. The van der Waals surface area contributed by atoms with Gasteiger partial charge in [0.2, 0.25) is 0 Å². The molecular weight excluding hydrogens is 236 g/mol. The van der Waals surface area contributed by atoms with Crippen LogP contribution in [0.15, 0.2) is 52.9 Å². The Morgan fingerprint density at radius 1 is 1.05 bits per heavy atom. The summed E-state index contributed by atoms with van der Waals surface area (Å²) in [6.45, 7) is 4.22. The molecule has 0 saturated heterocycles. The van der Waals surface area contributed by atoms with E-state index in [0.717, 1.165) is 11.1 Å². The molecule has 1 N–H and O–H groups in total. The molecule has 3 heteroatoms. The van der Waals surface area contributed by atoms with Crippen molar-refractivity contribution in [3.05, 3.63) is 59.7 Å². The number of benzene rings is 2. The van der Waals surface area contributed by atoms with Crippen molar-refractivity contribution in [1.29, 1.82) is 0 Å². The van der Waals surface area contributed by atoms with Gasteiger partial charge in [-0.25, -0.2) is 0 Å². The largest absolute Gasteiger partial charge is 0.424 e. The molecule has 0 aliphatic heterocycles. The molecule has 1 heterocycles. The Kier molecular flexibility index (Phi) is 2.95. The minimum Gasteiger partial charge on any atom is -0.424 e. The third-order valence-corrected chi connectivity index (χ3v) is 3.29. The fraction of sp³-hybridized carbons (Fsp3) is 0.188. The van der Waals surface area contributed by atoms with Crippen LogP contribution in [0, 0.1) is 6.92 Å². The zero-order valence-electron chi connectivity index (χ0n) is 11.1. The maximum atomic E-state index is 5.68. The van der Waals surface area contributed by atoms with E-state index < -0.39 is 0 Å². The molecule has 1 aromatic heterocycles. The molecule has 0 aliphatic carbocycles. The Labute approximate surface area is 112 Å². The van der Waals surface area contributed by atoms with Crippen LogP contribution >= 0.6 is 0 Å². The number of rotatable bonds is 3. The summed E-state index contributed by atoms with van der Waals surface area (Å²) in [5, 5.41) is 3.31. The zero-order valence-corrected chi connectivity index (χ0v) is 11.1. The molecule has 0 spiro atoms. The first-order chi connectivity index (χ1) is 9.24. The highest BCUT2D eigenvalue weighted by atomic mass is 16.4. The molecule has 3 rings (SSSR count). The number of hydrogen-bond donors (Lipinski definition) is 1. The molecule has 3 aromatic rings. The van der Waals surface area contributed by atoms with E-state index in [0.29, 0.717) is 6.01 Å². The Hall–Kier alpha value is -2.29. The fourth-order valence-electron chi connectivity index (χ4n) is 2.27. The van der Waals surface area contributed by atoms with Gasteiger partial charge in [0.1, 0.15) is 5.52 Å². The van der Waals surface area contributed by atoms with Crippen LogP contribution in [-0.4, -0.2) is 4.98 Å². The lowest BCUT2D eigenvalue weighted by Crippen LogP contribution is -2.08. The van der Waals surface area contributed by atoms with Crippen molar-refractivity contribution in [2.24, 2.45) is 0 Å². The van der Waals surface area contributed by atoms with Crippen molar-refractivity contribution in [3.8, 4) is 0 Å². The maximum absolute atomic E-state index is 5.68. The van der Waals surface area contributed by atoms with E-state index in [9.17, 15) is 0 Å². The van der Waals surface area contributed by atoms with E-state index in [-0.39, 0.29) is 6.04 Å². The number of anilines is 1. The predicted molar refractivity (Wildman–Crippen MR) is 77.2 cm³/mol. The van der Waals surface area contributed by atoms with Crippen molar-refractivity contribution in [2.45, 2.75) is 19.9 Å². The Morgan fingerprint density at radius 2 is 1.79 bits per heavy atom. The highest BCUT2D eigenvalue weighted by Crippen LogP contribution is 2.24. The molecule has 96 valence electrons. The average molecular weight is 252 g/mol. The van der Waals surface area contributed by atoms with Crippen LogP contribution < -0.4 is 5.32 Å². The topological polar surface area (TPSA) is 38.1 Å². The van der Waals surface area contributed by atoms with Crippen molar-refractivity contribution in [3.63, 3.8) is 0 Å². The third-order valence-electron chi connectivity index (χ3n) is 3.29. The number of oxazole rings is 1. The van der Waals surface area contributed by atoms with Gasteiger partial charge in [-0.2, -0.15) is 4.98 Å². The van der Waals surface area contributed by atoms with E-state index in [1.54, 1.807) is 0 Å². The van der Waals surface area contributed by atoms with E-state index >= 15 is 0 Å². The fourth-order valence-corrected chi connectivity index (χ4v) is 2.27. The van der Waals surface area contributed by atoms with Gasteiger partial charge < -0.3 is 9.73 Å². The SMILES string of the molecule is Cc1ccccc1C(C)Nc1nc2ccccc2o1. The minimum absolute atomic E-state index is 0.161. The summed E-state index contributed by atoms with van der Waals surface area (Å²) < 4.78 is 5.68. The van der Waals surface area contributed by atoms with Gasteiger partial charge in [0.05, 0.1) is 6.04 Å². The highest BCUT2D eigenvalue weighted by Gasteiger charge is 2.11. The molecule has 1 atom stereocenters. The average Bonchev–Trinajstić information content (AvgIpc) is 2.81. The van der Waals surface area contributed by atoms with Gasteiger partial charge >= 0.3 is 0 Å². The lowest BCUT2D eigenvalue weighted by atomic mass is 10.0. The number of aromatic nitrogens is 1. The standard InChI is InChI=1S/C16H16N2O/c1-11-7-3-4-8-13(11)12(2)17-16-18-14-9-5-6-10-15(14)19-16/h3-10,12H,1-2H3,(H,17,18). The van der Waals surface area contributed by atoms with Gasteiger partial charge in [-0.1, -0.05) is 36.4 Å². The van der Waals surface area contributed by atoms with Gasteiger partial charge in [-0.3, -0.25) is 0 Å². The first-order valence-corrected chi connectivity index (χ1v) is 6.41. The molecule has 0 fully saturated rings. The number of nitrogens with one attached hydrogen (secondary N) is 1. The first kappa shape index (κ1) is 11.8. The number of fused-ring (bicyclic) bond motifs is 1. The summed E-state index contributed by atoms with van der Waals surface area (Å²) in [6.07, 6.45) is 0. The van der Waals surface area contributed by atoms with E-state index in [4.69, 9.17) is 4.42 Å². The van der Waals surface area contributed by atoms with Gasteiger partial charge in [-0.05, 0) is 37.1 Å². The van der Waals surface area contributed by atoms with Crippen LogP contribution in [0.25, 0.3) is 11.1 Å². The maximum Gasteiger partial charge on any atom is 0.296 e. The molecule has 0 bridgehead atoms. The van der Waals surface area contributed by atoms with Crippen molar-refractivity contribution in [1.82, 2.24) is 4.98 Å². The molecule has 0 aliphatic rings. The molecule has 3 nitrogen and oxygen atoms in total. The third kappa shape index (κ3) is 2.32. The Balaban J connectivity index is 1.86. The molecule has 0 saturated carbocycles. The quantitative estimate of drug-likeness (QED) is 0.754. The van der Waals surface area contributed by atoms with Crippen LogP contribution in [0.1, 0.15) is 24.1 Å². The van der Waals surface area contributed by atoms with E-state index in [1.165, 1.54) is 11.1 Å². The van der Waals surface area contributed by atoms with E-state index in [2.05, 4.69) is 36.3 Å². The van der Waals surface area contributed by atoms with Crippen LogP contribution in [0.3, 0.4) is 0 Å². The summed E-state index contributed by atoms with van der Waals surface area (Å²) in [4.78, 5) is 4.43. The molecule has 19 heavy (non-hydrogen) atoms. The number of hydrogen-bond acceptors (Lipinski definition) is 3. The monoisotopic (exact) mass is 252 g/mol. The van der Waals surface area contributed by atoms with Gasteiger partial charge in [0.25, 0.3) is 6.01 Å². The number of para-hydroxylation sites is 2. The second kappa shape index (κ2) is 4.76. The minimum atomic E-state index is 0.161. The van der Waals surface area contributed by atoms with E-state index in [1.807, 2.05) is 36.4 Å². The summed E-state index contributed by atoms with van der Waals surface area (Å²) >= 11 is 0. The van der Waals surface area contributed by atoms with Crippen LogP contribution in [-0.2, 0) is 0 Å². The van der Waals surface area contributed by atoms with Crippen molar-refractivity contribution in [2.75, 3.05) is 5.32 Å². The molecular formula is C16H16N2O. The molecule has 2 aromatic carbocycles. The van der Waals surface area contributed by atoms with Gasteiger partial charge in [0, 0.05) is 0 Å². The summed E-state index contributed by atoms with van der Waals surface area (Å²) in [6, 6.07) is 16.8. The second-order valence-corrected chi connectivity index (χ2v) is 4.71. The number of aryl methyl sites for hydroxylation is 1. The molecule has 0 radical (unpaired) electrons. The van der Waals surface area contributed by atoms with Crippen LogP contribution in [0.5, 0.6) is 0 Å². The van der Waals surface area contributed by atoms with Crippen LogP contribution in [0.2, 0.25) is 0 Å². The lowest BCUT2D eigenvalue weighted by molar-refractivity contribution is 0.603. The molecule has 0 amide bonds. The molecule has 1 unspecified atom stereocenters. The van der Waals surface area contributed by atoms with Gasteiger partial charge in [-0.15, -0.1) is 0 Å². The van der Waals surface area contributed by atoms with Crippen molar-refractivity contribution < 1.29 is 4.42 Å². The smallest absolute Gasteiger partial charge is 0.296 e. The van der Waals surface area contributed by atoms with Crippen LogP contribution in [0.4, 0.5) is 6.01 Å². The number of nitrogens with zero attached hydrogens (tertiary/aromatic N) is 1. The Morgan fingerprint density at radius 3 is 2.58 bits per heavy atom. The zero-order chi connectivity index (χ0) is 13.2. The van der Waals surface area contributed by atoms with Crippen molar-refractivity contribution >= 4 is 17.1 Å². The predicted octanol–water partition coefficient (Wildman–Crippen LogP) is 4.31. The Bertz CT molecular complexity index is 670. The normalized spacial score (nSPS) is 12.5. The van der Waals surface area contributed by atoms with Gasteiger partial charge in [0.15, 0.2) is 5.58 Å². The second-order valence-electron chi connectivity index (χ2n) is 4.71. The first-order valence-electron chi connectivity index (χ1n) is 6.41. The lowest BCUT2D eigenvalue weighted by Gasteiger charge is -2.14. The highest BCUT2D eigenvalue weighted by molar-refractivity contribution is 5.74. The summed E-state index contributed by atoms with van der Waals surface area (Å²) in [7, 11) is 0.